The van der Waals surface area contributed by atoms with Crippen molar-refractivity contribution in [2.24, 2.45) is 0 Å². The molecule has 0 bridgehead atoms. The molecule has 0 radical (unpaired) electrons. The van der Waals surface area contributed by atoms with Crippen molar-refractivity contribution in [1.82, 2.24) is 15.1 Å². The molecule has 0 saturated carbocycles. The highest BCUT2D eigenvalue weighted by Gasteiger charge is 2.30. The first kappa shape index (κ1) is 17.9. The van der Waals surface area contributed by atoms with E-state index in [1.54, 1.807) is 0 Å². The van der Waals surface area contributed by atoms with Crippen LogP contribution in [0.2, 0.25) is 0 Å². The Bertz CT molecular complexity index is 582. The largest absolute Gasteiger partial charge is 0.352 e. The minimum Gasteiger partial charge on any atom is -0.352 e. The molecule has 1 aromatic rings. The van der Waals surface area contributed by atoms with Crippen LogP contribution < -0.4 is 5.32 Å². The molecule has 2 heterocycles. The van der Waals surface area contributed by atoms with Gasteiger partial charge >= 0.3 is 0 Å². The summed E-state index contributed by atoms with van der Waals surface area (Å²) in [4.78, 5) is 29.3. The number of rotatable bonds is 4. The van der Waals surface area contributed by atoms with E-state index in [9.17, 15) is 9.59 Å². The number of piperidine rings is 2. The fourth-order valence-corrected chi connectivity index (χ4v) is 3.95. The minimum atomic E-state index is 0.0303. The molecule has 2 amide bonds. The summed E-state index contributed by atoms with van der Waals surface area (Å²) in [7, 11) is 0. The molecular weight excluding hydrogens is 314 g/mol. The molecule has 0 aromatic heterocycles. The molecule has 1 atom stereocenters. The molecule has 1 aromatic carbocycles. The molecule has 1 N–H and O–H groups in total. The van der Waals surface area contributed by atoms with Crippen molar-refractivity contribution in [3.8, 4) is 0 Å². The zero-order chi connectivity index (χ0) is 17.6. The lowest BCUT2D eigenvalue weighted by Crippen LogP contribution is -2.53. The molecule has 3 rings (SSSR count). The molecule has 0 spiro atoms. The van der Waals surface area contributed by atoms with Crippen LogP contribution in [0.5, 0.6) is 0 Å². The number of nitrogens with one attached hydrogen (secondary N) is 1. The maximum absolute atomic E-state index is 12.6. The number of likely N-dealkylation sites (N-methyl/N-ethyl adjacent to an activating group) is 1. The molecule has 2 aliphatic heterocycles. The standard InChI is InChI=1S/C20H29N3O2/c1-2-22-13-7-6-10-18(22)19(24)21-17-11-14-23(15-12-17)20(25)16-8-4-3-5-9-16/h3-5,8-9,17-18H,2,6-7,10-15H2,1H3,(H,21,24). The highest BCUT2D eigenvalue weighted by Crippen LogP contribution is 2.18. The summed E-state index contributed by atoms with van der Waals surface area (Å²) in [6, 6.07) is 9.64. The smallest absolute Gasteiger partial charge is 0.253 e. The van der Waals surface area contributed by atoms with Crippen molar-refractivity contribution in [3.63, 3.8) is 0 Å². The van der Waals surface area contributed by atoms with Crippen LogP contribution in [0.1, 0.15) is 49.4 Å². The van der Waals surface area contributed by atoms with Gasteiger partial charge in [0.15, 0.2) is 0 Å². The second kappa shape index (κ2) is 8.48. The van der Waals surface area contributed by atoms with Crippen molar-refractivity contribution in [2.45, 2.75) is 51.1 Å². The average Bonchev–Trinajstić information content (AvgIpc) is 2.68. The number of benzene rings is 1. The number of carbonyl (C=O) groups is 2. The summed E-state index contributed by atoms with van der Waals surface area (Å²) in [5, 5.41) is 3.23. The molecule has 25 heavy (non-hydrogen) atoms. The number of hydrogen-bond acceptors (Lipinski definition) is 3. The van der Waals surface area contributed by atoms with E-state index in [0.717, 1.165) is 44.3 Å². The van der Waals surface area contributed by atoms with E-state index in [1.807, 2.05) is 35.2 Å². The van der Waals surface area contributed by atoms with Gasteiger partial charge in [0, 0.05) is 24.7 Å². The van der Waals surface area contributed by atoms with Gasteiger partial charge in [-0.25, -0.2) is 0 Å². The molecule has 0 aliphatic carbocycles. The van der Waals surface area contributed by atoms with Crippen molar-refractivity contribution in [2.75, 3.05) is 26.2 Å². The predicted molar refractivity (Wildman–Crippen MR) is 98.4 cm³/mol. The van der Waals surface area contributed by atoms with Gasteiger partial charge < -0.3 is 10.2 Å². The van der Waals surface area contributed by atoms with Crippen LogP contribution in [-0.2, 0) is 4.79 Å². The number of likely N-dealkylation sites (tertiary alicyclic amines) is 2. The highest BCUT2D eigenvalue weighted by atomic mass is 16.2. The van der Waals surface area contributed by atoms with E-state index in [1.165, 1.54) is 6.42 Å². The van der Waals surface area contributed by atoms with Gasteiger partial charge in [0.25, 0.3) is 5.91 Å². The molecule has 1 unspecified atom stereocenters. The lowest BCUT2D eigenvalue weighted by Gasteiger charge is -2.37. The van der Waals surface area contributed by atoms with Crippen molar-refractivity contribution >= 4 is 11.8 Å². The normalized spacial score (nSPS) is 22.6. The van der Waals surface area contributed by atoms with Crippen molar-refractivity contribution < 1.29 is 9.59 Å². The zero-order valence-corrected chi connectivity index (χ0v) is 15.1. The van der Waals surface area contributed by atoms with Gasteiger partial charge in [-0.05, 0) is 50.9 Å². The first-order chi connectivity index (χ1) is 12.2. The fraction of sp³-hybridized carbons (Fsp3) is 0.600. The molecular formula is C20H29N3O2. The number of hydrogen-bond donors (Lipinski definition) is 1. The quantitative estimate of drug-likeness (QED) is 0.912. The molecule has 5 nitrogen and oxygen atoms in total. The summed E-state index contributed by atoms with van der Waals surface area (Å²) in [6.07, 6.45) is 4.97. The number of carbonyl (C=O) groups excluding carboxylic acids is 2. The van der Waals surface area contributed by atoms with Crippen LogP contribution in [0.25, 0.3) is 0 Å². The Hall–Kier alpha value is -1.88. The van der Waals surface area contributed by atoms with Gasteiger partial charge in [-0.2, -0.15) is 0 Å². The topological polar surface area (TPSA) is 52.7 Å². The Kier molecular flexibility index (Phi) is 6.08. The molecule has 5 heteroatoms. The summed E-state index contributed by atoms with van der Waals surface area (Å²) < 4.78 is 0. The van der Waals surface area contributed by atoms with Gasteiger partial charge in [-0.3, -0.25) is 14.5 Å². The Morgan fingerprint density at radius 2 is 1.76 bits per heavy atom. The van der Waals surface area contributed by atoms with Crippen LogP contribution in [0, 0.1) is 0 Å². The SMILES string of the molecule is CCN1CCCCC1C(=O)NC1CCN(C(=O)c2ccccc2)CC1. The van der Waals surface area contributed by atoms with Crippen LogP contribution >= 0.6 is 0 Å². The van der Waals surface area contributed by atoms with Crippen LogP contribution in [0.3, 0.4) is 0 Å². The summed E-state index contributed by atoms with van der Waals surface area (Å²) in [5.41, 5.74) is 0.741. The van der Waals surface area contributed by atoms with E-state index in [0.29, 0.717) is 13.1 Å². The second-order valence-electron chi connectivity index (χ2n) is 7.08. The van der Waals surface area contributed by atoms with Gasteiger partial charge in [0.05, 0.1) is 6.04 Å². The number of amides is 2. The van der Waals surface area contributed by atoms with E-state index in [-0.39, 0.29) is 23.9 Å². The Morgan fingerprint density at radius 1 is 1.04 bits per heavy atom. The van der Waals surface area contributed by atoms with Crippen LogP contribution in [0.4, 0.5) is 0 Å². The van der Waals surface area contributed by atoms with E-state index < -0.39 is 0 Å². The summed E-state index contributed by atoms with van der Waals surface area (Å²) >= 11 is 0. The first-order valence-corrected chi connectivity index (χ1v) is 9.57. The van der Waals surface area contributed by atoms with Gasteiger partial charge in [-0.1, -0.05) is 31.5 Å². The zero-order valence-electron chi connectivity index (χ0n) is 15.1. The second-order valence-corrected chi connectivity index (χ2v) is 7.08. The maximum atomic E-state index is 12.6. The van der Waals surface area contributed by atoms with E-state index >= 15 is 0 Å². The Labute approximate surface area is 150 Å². The highest BCUT2D eigenvalue weighted by molar-refractivity contribution is 5.94. The van der Waals surface area contributed by atoms with E-state index in [4.69, 9.17) is 0 Å². The molecule has 2 saturated heterocycles. The Balaban J connectivity index is 1.49. The summed E-state index contributed by atoms with van der Waals surface area (Å²) in [6.45, 7) is 5.50. The van der Waals surface area contributed by atoms with Crippen LogP contribution in [0.15, 0.2) is 30.3 Å². The third-order valence-electron chi connectivity index (χ3n) is 5.47. The minimum absolute atomic E-state index is 0.0303. The Morgan fingerprint density at radius 3 is 2.44 bits per heavy atom. The fourth-order valence-electron chi connectivity index (χ4n) is 3.95. The monoisotopic (exact) mass is 343 g/mol. The lowest BCUT2D eigenvalue weighted by atomic mass is 9.99. The van der Waals surface area contributed by atoms with Crippen molar-refractivity contribution in [3.05, 3.63) is 35.9 Å². The van der Waals surface area contributed by atoms with Gasteiger partial charge in [-0.15, -0.1) is 0 Å². The molecule has 2 fully saturated rings. The van der Waals surface area contributed by atoms with Crippen molar-refractivity contribution in [1.29, 1.82) is 0 Å². The average molecular weight is 343 g/mol. The number of nitrogens with zero attached hydrogens (tertiary/aromatic N) is 2. The maximum Gasteiger partial charge on any atom is 0.253 e. The summed E-state index contributed by atoms with van der Waals surface area (Å²) in [5.74, 6) is 0.268. The van der Waals surface area contributed by atoms with Crippen LogP contribution in [-0.4, -0.2) is 59.9 Å². The molecule has 136 valence electrons. The lowest BCUT2D eigenvalue weighted by molar-refractivity contribution is -0.128. The van der Waals surface area contributed by atoms with Gasteiger partial charge in [0.2, 0.25) is 5.91 Å². The third kappa shape index (κ3) is 4.40. The van der Waals surface area contributed by atoms with E-state index in [2.05, 4.69) is 17.1 Å². The molecule has 2 aliphatic rings. The first-order valence-electron chi connectivity index (χ1n) is 9.57. The van der Waals surface area contributed by atoms with Gasteiger partial charge in [0.1, 0.15) is 0 Å². The predicted octanol–water partition coefficient (Wildman–Crippen LogP) is 2.28. The third-order valence-corrected chi connectivity index (χ3v) is 5.47.